The van der Waals surface area contributed by atoms with Gasteiger partial charge in [-0.25, -0.2) is 4.98 Å². The van der Waals surface area contributed by atoms with Crippen LogP contribution in [0.2, 0.25) is 0 Å². The molecule has 0 aliphatic heterocycles. The molecule has 0 amide bonds. The second kappa shape index (κ2) is 4.20. The number of imidazole rings is 1. The quantitative estimate of drug-likeness (QED) is 0.740. The van der Waals surface area contributed by atoms with E-state index < -0.39 is 0 Å². The van der Waals surface area contributed by atoms with Crippen molar-refractivity contribution in [3.63, 3.8) is 0 Å². The molecule has 2 heterocycles. The number of H-pyrrole nitrogens is 2. The third kappa shape index (κ3) is 1.60. The van der Waals surface area contributed by atoms with E-state index in [-0.39, 0.29) is 0 Å². The van der Waals surface area contributed by atoms with Crippen molar-refractivity contribution in [2.24, 2.45) is 0 Å². The Morgan fingerprint density at radius 2 is 2.05 bits per heavy atom. The summed E-state index contributed by atoms with van der Waals surface area (Å²) in [6, 6.07) is 6.34. The molecule has 0 unspecified atom stereocenters. The van der Waals surface area contributed by atoms with Gasteiger partial charge in [0.25, 0.3) is 0 Å². The van der Waals surface area contributed by atoms with Crippen molar-refractivity contribution in [1.29, 1.82) is 0 Å². The molecule has 0 spiro atoms. The van der Waals surface area contributed by atoms with Crippen LogP contribution in [-0.2, 0) is 0 Å². The van der Waals surface area contributed by atoms with E-state index in [1.165, 1.54) is 30.4 Å². The summed E-state index contributed by atoms with van der Waals surface area (Å²) in [6.45, 7) is 4.10. The number of aromatic nitrogens is 4. The largest absolute Gasteiger partial charge is 0.342 e. The van der Waals surface area contributed by atoms with Gasteiger partial charge in [-0.2, -0.15) is 5.10 Å². The summed E-state index contributed by atoms with van der Waals surface area (Å²) in [5.74, 6) is 1.78. The van der Waals surface area contributed by atoms with Crippen molar-refractivity contribution in [2.75, 3.05) is 0 Å². The van der Waals surface area contributed by atoms with E-state index in [0.717, 1.165) is 28.2 Å². The van der Waals surface area contributed by atoms with Crippen molar-refractivity contribution in [3.05, 3.63) is 35.4 Å². The molecule has 2 aromatic heterocycles. The van der Waals surface area contributed by atoms with Gasteiger partial charge in [-0.15, -0.1) is 0 Å². The van der Waals surface area contributed by atoms with Crippen molar-refractivity contribution in [3.8, 4) is 11.1 Å². The topological polar surface area (TPSA) is 57.4 Å². The van der Waals surface area contributed by atoms with Gasteiger partial charge in [0.2, 0.25) is 0 Å². The van der Waals surface area contributed by atoms with Crippen LogP contribution in [0.15, 0.2) is 18.2 Å². The fraction of sp³-hybridized carbons (Fsp3) is 0.375. The molecule has 20 heavy (non-hydrogen) atoms. The summed E-state index contributed by atoms with van der Waals surface area (Å²) in [5.41, 5.74) is 6.69. The monoisotopic (exact) mass is 266 g/mol. The summed E-state index contributed by atoms with van der Waals surface area (Å²) in [4.78, 5) is 8.37. The number of rotatable bonds is 2. The van der Waals surface area contributed by atoms with E-state index >= 15 is 0 Å². The lowest BCUT2D eigenvalue weighted by molar-refractivity contribution is 0.405. The van der Waals surface area contributed by atoms with E-state index in [2.05, 4.69) is 40.3 Å². The molecule has 1 saturated carbocycles. The maximum absolute atomic E-state index is 4.88. The van der Waals surface area contributed by atoms with Gasteiger partial charge in [0.15, 0.2) is 0 Å². The number of aromatic amines is 2. The van der Waals surface area contributed by atoms with Crippen molar-refractivity contribution < 1.29 is 0 Å². The first kappa shape index (κ1) is 11.7. The fourth-order valence-electron chi connectivity index (χ4n) is 3.08. The lowest BCUT2D eigenvalue weighted by atomic mass is 9.85. The zero-order valence-corrected chi connectivity index (χ0v) is 11.8. The highest BCUT2D eigenvalue weighted by Crippen LogP contribution is 2.37. The van der Waals surface area contributed by atoms with Crippen LogP contribution in [-0.4, -0.2) is 20.2 Å². The van der Waals surface area contributed by atoms with Gasteiger partial charge in [-0.05, 0) is 32.8 Å². The first-order chi connectivity index (χ1) is 9.74. The van der Waals surface area contributed by atoms with E-state index in [9.17, 15) is 0 Å². The maximum atomic E-state index is 4.88. The summed E-state index contributed by atoms with van der Waals surface area (Å²) < 4.78 is 0. The molecule has 3 aromatic rings. The van der Waals surface area contributed by atoms with Gasteiger partial charge in [0.05, 0.1) is 16.7 Å². The number of fused-ring (bicyclic) bond motifs is 1. The Balaban J connectivity index is 1.93. The van der Waals surface area contributed by atoms with Crippen LogP contribution in [0.4, 0.5) is 0 Å². The SMILES string of the molecule is Cc1n[nH]c(C)c1-c1cccc2[nH]c(C3CCC3)nc12. The molecule has 0 saturated heterocycles. The number of nitrogens with one attached hydrogen (secondary N) is 2. The average molecular weight is 266 g/mol. The van der Waals surface area contributed by atoms with Crippen LogP contribution < -0.4 is 0 Å². The smallest absolute Gasteiger partial charge is 0.110 e. The van der Waals surface area contributed by atoms with E-state index in [1.807, 2.05) is 6.92 Å². The fourth-order valence-corrected chi connectivity index (χ4v) is 3.08. The van der Waals surface area contributed by atoms with E-state index in [0.29, 0.717) is 5.92 Å². The maximum Gasteiger partial charge on any atom is 0.110 e. The number of hydrogen-bond acceptors (Lipinski definition) is 2. The summed E-state index contributed by atoms with van der Waals surface area (Å²) >= 11 is 0. The molecule has 0 atom stereocenters. The molecular formula is C16H18N4. The van der Waals surface area contributed by atoms with Crippen LogP contribution in [0.25, 0.3) is 22.2 Å². The molecule has 4 rings (SSSR count). The van der Waals surface area contributed by atoms with E-state index in [1.54, 1.807) is 0 Å². The minimum Gasteiger partial charge on any atom is -0.342 e. The Kier molecular flexibility index (Phi) is 2.46. The summed E-state index contributed by atoms with van der Waals surface area (Å²) in [5, 5.41) is 7.37. The standard InChI is InChI=1S/C16H18N4/c1-9-14(10(2)20-19-9)12-7-4-8-13-15(12)18-16(17-13)11-5-3-6-11/h4,7-8,11H,3,5-6H2,1-2H3,(H,17,18)(H,19,20). The number of hydrogen-bond donors (Lipinski definition) is 2. The van der Waals surface area contributed by atoms with Gasteiger partial charge >= 0.3 is 0 Å². The average Bonchev–Trinajstić information content (AvgIpc) is 2.91. The van der Waals surface area contributed by atoms with Gasteiger partial charge in [0, 0.05) is 22.7 Å². The van der Waals surface area contributed by atoms with Crippen LogP contribution in [0.1, 0.15) is 42.4 Å². The molecule has 1 aliphatic rings. The molecule has 4 nitrogen and oxygen atoms in total. The second-order valence-corrected chi connectivity index (χ2v) is 5.76. The Labute approximate surface area is 117 Å². The Morgan fingerprint density at radius 3 is 2.70 bits per heavy atom. The number of benzene rings is 1. The van der Waals surface area contributed by atoms with Crippen molar-refractivity contribution in [1.82, 2.24) is 20.2 Å². The predicted octanol–water partition coefficient (Wildman–Crippen LogP) is 3.84. The highest BCUT2D eigenvalue weighted by molar-refractivity contribution is 5.93. The summed E-state index contributed by atoms with van der Waals surface area (Å²) in [6.07, 6.45) is 3.85. The highest BCUT2D eigenvalue weighted by Gasteiger charge is 2.23. The molecule has 0 bridgehead atoms. The van der Waals surface area contributed by atoms with Gasteiger partial charge in [-0.1, -0.05) is 18.6 Å². The molecule has 102 valence electrons. The van der Waals surface area contributed by atoms with Crippen LogP contribution >= 0.6 is 0 Å². The Morgan fingerprint density at radius 1 is 1.20 bits per heavy atom. The minimum absolute atomic E-state index is 0.627. The van der Waals surface area contributed by atoms with Crippen LogP contribution in [0, 0.1) is 13.8 Å². The zero-order chi connectivity index (χ0) is 13.7. The molecule has 1 aliphatic carbocycles. The molecule has 2 N–H and O–H groups in total. The van der Waals surface area contributed by atoms with Crippen LogP contribution in [0.3, 0.4) is 0 Å². The third-order valence-corrected chi connectivity index (χ3v) is 4.42. The van der Waals surface area contributed by atoms with Crippen LogP contribution in [0.5, 0.6) is 0 Å². The van der Waals surface area contributed by atoms with E-state index in [4.69, 9.17) is 4.98 Å². The van der Waals surface area contributed by atoms with Gasteiger partial charge in [-0.3, -0.25) is 5.10 Å². The second-order valence-electron chi connectivity index (χ2n) is 5.76. The molecule has 0 radical (unpaired) electrons. The summed E-state index contributed by atoms with van der Waals surface area (Å²) in [7, 11) is 0. The first-order valence-corrected chi connectivity index (χ1v) is 7.24. The predicted molar refractivity (Wildman–Crippen MR) is 79.7 cm³/mol. The molecule has 4 heteroatoms. The highest BCUT2D eigenvalue weighted by atomic mass is 15.1. The Bertz CT molecular complexity index is 757. The molecular weight excluding hydrogens is 248 g/mol. The number of nitrogens with zero attached hydrogens (tertiary/aromatic N) is 2. The third-order valence-electron chi connectivity index (χ3n) is 4.42. The molecule has 1 aromatic carbocycles. The zero-order valence-electron chi connectivity index (χ0n) is 11.8. The molecule has 1 fully saturated rings. The minimum atomic E-state index is 0.627. The lowest BCUT2D eigenvalue weighted by Gasteiger charge is -2.22. The Hall–Kier alpha value is -2.10. The number of aryl methyl sites for hydroxylation is 2. The van der Waals surface area contributed by atoms with Gasteiger partial charge in [0.1, 0.15) is 5.82 Å². The van der Waals surface area contributed by atoms with Crippen molar-refractivity contribution in [2.45, 2.75) is 39.0 Å². The number of para-hydroxylation sites is 1. The normalized spacial score (nSPS) is 15.7. The van der Waals surface area contributed by atoms with Crippen molar-refractivity contribution >= 4 is 11.0 Å². The van der Waals surface area contributed by atoms with Gasteiger partial charge < -0.3 is 4.98 Å². The lowest BCUT2D eigenvalue weighted by Crippen LogP contribution is -2.10. The first-order valence-electron chi connectivity index (χ1n) is 7.24.